The van der Waals surface area contributed by atoms with Crippen molar-refractivity contribution in [3.05, 3.63) is 48.3 Å². The zero-order chi connectivity index (χ0) is 20.5. The van der Waals surface area contributed by atoms with Crippen molar-refractivity contribution in [3.63, 3.8) is 0 Å². The molecule has 8 nitrogen and oxygen atoms in total. The zero-order valence-corrected chi connectivity index (χ0v) is 16.4. The number of hydrogen-bond donors (Lipinski definition) is 2. The largest absolute Gasteiger partial charge is 0.486 e. The van der Waals surface area contributed by atoms with Gasteiger partial charge in [0.05, 0.1) is 17.6 Å². The lowest BCUT2D eigenvalue weighted by molar-refractivity contribution is -0.122. The summed E-state index contributed by atoms with van der Waals surface area (Å²) in [7, 11) is 0. The van der Waals surface area contributed by atoms with E-state index in [4.69, 9.17) is 9.47 Å². The SMILES string of the molecule is O=C(Cn1c(CNC(=O)C2CC2)nc2ccccc21)Nc1ccc2c(c1)OCCO2. The Labute approximate surface area is 173 Å². The van der Waals surface area contributed by atoms with Gasteiger partial charge in [-0.3, -0.25) is 9.59 Å². The third kappa shape index (κ3) is 3.80. The summed E-state index contributed by atoms with van der Waals surface area (Å²) in [6.45, 7) is 1.39. The minimum atomic E-state index is -0.190. The molecule has 2 aromatic carbocycles. The number of imidazole rings is 1. The molecule has 1 saturated carbocycles. The van der Waals surface area contributed by atoms with Gasteiger partial charge in [-0.2, -0.15) is 0 Å². The van der Waals surface area contributed by atoms with Gasteiger partial charge in [0, 0.05) is 17.7 Å². The van der Waals surface area contributed by atoms with Crippen LogP contribution in [0.25, 0.3) is 11.0 Å². The first-order chi connectivity index (χ1) is 14.7. The first kappa shape index (κ1) is 18.5. The molecule has 2 amide bonds. The van der Waals surface area contributed by atoms with Crippen LogP contribution in [0.1, 0.15) is 18.7 Å². The van der Waals surface area contributed by atoms with Gasteiger partial charge in [0.1, 0.15) is 25.6 Å². The van der Waals surface area contributed by atoms with Gasteiger partial charge in [-0.15, -0.1) is 0 Å². The number of fused-ring (bicyclic) bond motifs is 2. The molecule has 8 heteroatoms. The Morgan fingerprint density at radius 3 is 2.70 bits per heavy atom. The highest BCUT2D eigenvalue weighted by atomic mass is 16.6. The van der Waals surface area contributed by atoms with Gasteiger partial charge >= 0.3 is 0 Å². The second kappa shape index (κ2) is 7.70. The molecule has 5 rings (SSSR count). The summed E-state index contributed by atoms with van der Waals surface area (Å²) in [5.41, 5.74) is 2.28. The number of benzene rings is 2. The molecule has 1 aliphatic heterocycles. The second-order valence-electron chi connectivity index (χ2n) is 7.50. The van der Waals surface area contributed by atoms with Gasteiger partial charge in [0.25, 0.3) is 0 Å². The molecule has 0 radical (unpaired) electrons. The number of anilines is 1. The number of nitrogens with zero attached hydrogens (tertiary/aromatic N) is 2. The summed E-state index contributed by atoms with van der Waals surface area (Å²) in [6.07, 6.45) is 1.89. The molecular formula is C22H22N4O4. The van der Waals surface area contributed by atoms with Crippen molar-refractivity contribution in [2.45, 2.75) is 25.9 Å². The zero-order valence-electron chi connectivity index (χ0n) is 16.4. The first-order valence-corrected chi connectivity index (χ1v) is 10.1. The number of para-hydroxylation sites is 2. The normalized spacial score (nSPS) is 15.1. The van der Waals surface area contributed by atoms with Crippen LogP contribution in [-0.4, -0.2) is 34.6 Å². The smallest absolute Gasteiger partial charge is 0.244 e. The fourth-order valence-corrected chi connectivity index (χ4v) is 3.56. The minimum Gasteiger partial charge on any atom is -0.486 e. The molecule has 154 valence electrons. The van der Waals surface area contributed by atoms with Gasteiger partial charge in [-0.1, -0.05) is 12.1 Å². The molecule has 1 aliphatic carbocycles. The summed E-state index contributed by atoms with van der Waals surface area (Å²) in [5, 5.41) is 5.84. The maximum atomic E-state index is 12.8. The molecule has 1 aromatic heterocycles. The lowest BCUT2D eigenvalue weighted by Crippen LogP contribution is -2.27. The average molecular weight is 406 g/mol. The van der Waals surface area contributed by atoms with Crippen LogP contribution in [0, 0.1) is 5.92 Å². The molecular weight excluding hydrogens is 384 g/mol. The van der Waals surface area contributed by atoms with E-state index in [1.54, 1.807) is 18.2 Å². The molecule has 0 spiro atoms. The molecule has 2 heterocycles. The molecule has 3 aromatic rings. The maximum Gasteiger partial charge on any atom is 0.244 e. The fourth-order valence-electron chi connectivity index (χ4n) is 3.56. The maximum absolute atomic E-state index is 12.8. The number of rotatable bonds is 6. The Kier molecular flexibility index (Phi) is 4.74. The summed E-state index contributed by atoms with van der Waals surface area (Å²) < 4.78 is 12.9. The third-order valence-corrected chi connectivity index (χ3v) is 5.23. The van der Waals surface area contributed by atoms with Crippen LogP contribution in [0.3, 0.4) is 0 Å². The van der Waals surface area contributed by atoms with Crippen LogP contribution >= 0.6 is 0 Å². The minimum absolute atomic E-state index is 0.0503. The van der Waals surface area contributed by atoms with Crippen LogP contribution in [0.4, 0.5) is 5.69 Å². The molecule has 2 N–H and O–H groups in total. The third-order valence-electron chi connectivity index (χ3n) is 5.23. The predicted molar refractivity (Wildman–Crippen MR) is 110 cm³/mol. The topological polar surface area (TPSA) is 94.5 Å². The highest BCUT2D eigenvalue weighted by Crippen LogP contribution is 2.32. The van der Waals surface area contributed by atoms with Crippen molar-refractivity contribution in [3.8, 4) is 11.5 Å². The number of carbonyl (C=O) groups is 2. The van der Waals surface area contributed by atoms with Crippen molar-refractivity contribution in [2.75, 3.05) is 18.5 Å². The van der Waals surface area contributed by atoms with Crippen LogP contribution in [0.5, 0.6) is 11.5 Å². The van der Waals surface area contributed by atoms with Gasteiger partial charge in [-0.05, 0) is 37.1 Å². The van der Waals surface area contributed by atoms with E-state index >= 15 is 0 Å². The van der Waals surface area contributed by atoms with Gasteiger partial charge in [0.15, 0.2) is 11.5 Å². The fraction of sp³-hybridized carbons (Fsp3) is 0.318. The molecule has 30 heavy (non-hydrogen) atoms. The Bertz CT molecular complexity index is 1120. The molecule has 0 unspecified atom stereocenters. The van der Waals surface area contributed by atoms with E-state index in [2.05, 4.69) is 15.6 Å². The predicted octanol–water partition coefficient (Wildman–Crippen LogP) is 2.47. The van der Waals surface area contributed by atoms with Gasteiger partial charge in [-0.25, -0.2) is 4.98 Å². The second-order valence-corrected chi connectivity index (χ2v) is 7.50. The lowest BCUT2D eigenvalue weighted by atomic mass is 10.2. The Hall–Kier alpha value is -3.55. The molecule has 0 saturated heterocycles. The van der Waals surface area contributed by atoms with E-state index < -0.39 is 0 Å². The number of carbonyl (C=O) groups excluding carboxylic acids is 2. The highest BCUT2D eigenvalue weighted by Gasteiger charge is 2.29. The van der Waals surface area contributed by atoms with Crippen molar-refractivity contribution in [1.82, 2.24) is 14.9 Å². The van der Waals surface area contributed by atoms with Crippen molar-refractivity contribution in [1.29, 1.82) is 0 Å². The van der Waals surface area contributed by atoms with E-state index in [1.807, 2.05) is 28.8 Å². The molecule has 0 bridgehead atoms. The van der Waals surface area contributed by atoms with Crippen molar-refractivity contribution >= 4 is 28.5 Å². The quantitative estimate of drug-likeness (QED) is 0.656. The summed E-state index contributed by atoms with van der Waals surface area (Å²) >= 11 is 0. The van der Waals surface area contributed by atoms with Gasteiger partial charge in [0.2, 0.25) is 11.8 Å². The number of amides is 2. The standard InChI is InChI=1S/C22H22N4O4/c27-21(24-15-7-8-18-19(11-15)30-10-9-29-18)13-26-17-4-2-1-3-16(17)25-20(26)12-23-22(28)14-5-6-14/h1-4,7-8,11,14H,5-6,9-10,12-13H2,(H,23,28)(H,24,27). The van der Waals surface area contributed by atoms with Crippen LogP contribution in [0.2, 0.25) is 0 Å². The number of hydrogen-bond acceptors (Lipinski definition) is 5. The summed E-state index contributed by atoms with van der Waals surface area (Å²) in [4.78, 5) is 29.4. The van der Waals surface area contributed by atoms with E-state index in [9.17, 15) is 9.59 Å². The monoisotopic (exact) mass is 406 g/mol. The van der Waals surface area contributed by atoms with E-state index in [1.165, 1.54) is 0 Å². The van der Waals surface area contributed by atoms with Crippen molar-refractivity contribution < 1.29 is 19.1 Å². The number of ether oxygens (including phenoxy) is 2. The average Bonchev–Trinajstić information content (AvgIpc) is 3.56. The highest BCUT2D eigenvalue weighted by molar-refractivity contribution is 5.92. The van der Waals surface area contributed by atoms with Gasteiger partial charge < -0.3 is 24.7 Å². The lowest BCUT2D eigenvalue weighted by Gasteiger charge is -2.19. The first-order valence-electron chi connectivity index (χ1n) is 10.1. The number of nitrogens with one attached hydrogen (secondary N) is 2. The molecule has 0 atom stereocenters. The summed E-state index contributed by atoms with van der Waals surface area (Å²) in [6, 6.07) is 13.0. The van der Waals surface area contributed by atoms with E-state index in [0.29, 0.717) is 42.8 Å². The van der Waals surface area contributed by atoms with Crippen molar-refractivity contribution in [2.24, 2.45) is 5.92 Å². The summed E-state index contributed by atoms with van der Waals surface area (Å²) in [5.74, 6) is 1.94. The van der Waals surface area contributed by atoms with Crippen LogP contribution in [-0.2, 0) is 22.7 Å². The molecule has 2 aliphatic rings. The van der Waals surface area contributed by atoms with Crippen LogP contribution < -0.4 is 20.1 Å². The Morgan fingerprint density at radius 1 is 1.07 bits per heavy atom. The molecule has 1 fully saturated rings. The Balaban J connectivity index is 1.33. The number of aromatic nitrogens is 2. The van der Waals surface area contributed by atoms with E-state index in [-0.39, 0.29) is 24.3 Å². The Morgan fingerprint density at radius 2 is 1.87 bits per heavy atom. The van der Waals surface area contributed by atoms with E-state index in [0.717, 1.165) is 23.9 Å². The van der Waals surface area contributed by atoms with Crippen LogP contribution in [0.15, 0.2) is 42.5 Å².